The molecule has 0 unspecified atom stereocenters. The second-order valence-electron chi connectivity index (χ2n) is 6.19. The molecule has 0 spiro atoms. The number of aliphatic hydroxyl groups excluding tert-OH is 1. The Bertz CT molecular complexity index is 676. The zero-order valence-corrected chi connectivity index (χ0v) is 13.4. The molecule has 1 heterocycles. The number of nitrogens with one attached hydrogen (secondary N) is 1. The summed E-state index contributed by atoms with van der Waals surface area (Å²) in [7, 11) is 0. The van der Waals surface area contributed by atoms with Crippen molar-refractivity contribution in [1.82, 2.24) is 15.3 Å². The first-order chi connectivity index (χ1) is 11.0. The molecule has 1 amide bonds. The lowest BCUT2D eigenvalue weighted by molar-refractivity contribution is 0.0234. The van der Waals surface area contributed by atoms with Gasteiger partial charge in [0.05, 0.1) is 12.1 Å². The molecule has 1 aliphatic rings. The van der Waals surface area contributed by atoms with Crippen molar-refractivity contribution < 1.29 is 9.90 Å². The first-order valence-electron chi connectivity index (χ1n) is 7.89. The minimum Gasteiger partial charge on any atom is -0.393 e. The quantitative estimate of drug-likeness (QED) is 0.909. The van der Waals surface area contributed by atoms with E-state index in [4.69, 9.17) is 0 Å². The number of hydrogen-bond donors (Lipinski definition) is 2. The van der Waals surface area contributed by atoms with Crippen LogP contribution < -0.4 is 5.32 Å². The Morgan fingerprint density at radius 1 is 1.22 bits per heavy atom. The fourth-order valence-corrected chi connectivity index (χ4v) is 3.08. The average Bonchev–Trinajstić information content (AvgIpc) is 2.49. The Kier molecular flexibility index (Phi) is 4.39. The molecule has 0 aliphatic heterocycles. The number of aryl methyl sites for hydroxylation is 2. The molecule has 1 fully saturated rings. The van der Waals surface area contributed by atoms with Crippen LogP contribution in [0.3, 0.4) is 0 Å². The SMILES string of the molecule is Cc1cc(C(=O)N[C@H](c2ccccc2)C2CC(O)C2)nc(C)n1. The molecule has 1 atom stereocenters. The number of carbonyl (C=O) groups is 1. The van der Waals surface area contributed by atoms with Crippen molar-refractivity contribution in [1.29, 1.82) is 0 Å². The summed E-state index contributed by atoms with van der Waals surface area (Å²) in [6, 6.07) is 11.5. The summed E-state index contributed by atoms with van der Waals surface area (Å²) < 4.78 is 0. The van der Waals surface area contributed by atoms with Crippen molar-refractivity contribution in [2.75, 3.05) is 0 Å². The molecule has 0 saturated heterocycles. The summed E-state index contributed by atoms with van der Waals surface area (Å²) in [5.74, 6) is 0.639. The Morgan fingerprint density at radius 2 is 1.91 bits per heavy atom. The van der Waals surface area contributed by atoms with Crippen molar-refractivity contribution >= 4 is 5.91 Å². The summed E-state index contributed by atoms with van der Waals surface area (Å²) in [5, 5.41) is 12.7. The number of benzene rings is 1. The number of rotatable bonds is 4. The van der Waals surface area contributed by atoms with Crippen molar-refractivity contribution in [2.45, 2.75) is 38.8 Å². The van der Waals surface area contributed by atoms with Gasteiger partial charge in [-0.15, -0.1) is 0 Å². The van der Waals surface area contributed by atoms with Gasteiger partial charge in [0.15, 0.2) is 0 Å². The molecule has 3 rings (SSSR count). The minimum absolute atomic E-state index is 0.109. The maximum absolute atomic E-state index is 12.6. The molecular formula is C18H21N3O2. The van der Waals surface area contributed by atoms with Crippen LogP contribution >= 0.6 is 0 Å². The van der Waals surface area contributed by atoms with E-state index in [1.807, 2.05) is 37.3 Å². The van der Waals surface area contributed by atoms with E-state index < -0.39 is 0 Å². The molecule has 0 radical (unpaired) electrons. The van der Waals surface area contributed by atoms with Gasteiger partial charge < -0.3 is 10.4 Å². The van der Waals surface area contributed by atoms with Gasteiger partial charge in [-0.25, -0.2) is 9.97 Å². The van der Waals surface area contributed by atoms with Gasteiger partial charge in [0.2, 0.25) is 0 Å². The van der Waals surface area contributed by atoms with Crippen LogP contribution in [0.5, 0.6) is 0 Å². The number of aromatic nitrogens is 2. The van der Waals surface area contributed by atoms with Gasteiger partial charge in [-0.1, -0.05) is 30.3 Å². The number of hydrogen-bond acceptors (Lipinski definition) is 4. The lowest BCUT2D eigenvalue weighted by atomic mass is 9.75. The second kappa shape index (κ2) is 6.46. The first-order valence-corrected chi connectivity index (χ1v) is 7.89. The number of amides is 1. The van der Waals surface area contributed by atoms with Crippen molar-refractivity contribution in [3.63, 3.8) is 0 Å². The lowest BCUT2D eigenvalue weighted by Gasteiger charge is -2.38. The molecule has 5 heteroatoms. The smallest absolute Gasteiger partial charge is 0.270 e. The molecule has 1 aromatic heterocycles. The molecular weight excluding hydrogens is 290 g/mol. The highest BCUT2D eigenvalue weighted by molar-refractivity contribution is 5.92. The molecule has 23 heavy (non-hydrogen) atoms. The minimum atomic E-state index is -0.258. The fourth-order valence-electron chi connectivity index (χ4n) is 3.08. The number of carbonyl (C=O) groups excluding carboxylic acids is 1. The average molecular weight is 311 g/mol. The van der Waals surface area contributed by atoms with Crippen molar-refractivity contribution in [3.05, 3.63) is 59.2 Å². The van der Waals surface area contributed by atoms with E-state index >= 15 is 0 Å². The zero-order valence-electron chi connectivity index (χ0n) is 13.4. The normalized spacial score (nSPS) is 21.3. The van der Waals surface area contributed by atoms with Crippen LogP contribution in [0.2, 0.25) is 0 Å². The largest absolute Gasteiger partial charge is 0.393 e. The van der Waals surface area contributed by atoms with Gasteiger partial charge >= 0.3 is 0 Å². The molecule has 1 aromatic carbocycles. The first kappa shape index (κ1) is 15.6. The molecule has 2 N–H and O–H groups in total. The number of nitrogens with zero attached hydrogens (tertiary/aromatic N) is 2. The maximum Gasteiger partial charge on any atom is 0.270 e. The monoisotopic (exact) mass is 311 g/mol. The van der Waals surface area contributed by atoms with Crippen LogP contribution in [-0.4, -0.2) is 27.1 Å². The summed E-state index contributed by atoms with van der Waals surface area (Å²) >= 11 is 0. The van der Waals surface area contributed by atoms with E-state index in [0.29, 0.717) is 24.4 Å². The molecule has 1 saturated carbocycles. The third kappa shape index (κ3) is 3.56. The van der Waals surface area contributed by atoms with E-state index in [1.165, 1.54) is 0 Å². The molecule has 120 valence electrons. The highest BCUT2D eigenvalue weighted by Gasteiger charge is 2.35. The maximum atomic E-state index is 12.6. The van der Waals surface area contributed by atoms with E-state index in [1.54, 1.807) is 13.0 Å². The van der Waals surface area contributed by atoms with E-state index in [9.17, 15) is 9.90 Å². The van der Waals surface area contributed by atoms with Gasteiger partial charge in [0, 0.05) is 5.69 Å². The van der Waals surface area contributed by atoms with Gasteiger partial charge in [-0.2, -0.15) is 0 Å². The Balaban J connectivity index is 1.82. The summed E-state index contributed by atoms with van der Waals surface area (Å²) in [6.07, 6.45) is 1.16. The summed E-state index contributed by atoms with van der Waals surface area (Å²) in [4.78, 5) is 21.0. The van der Waals surface area contributed by atoms with Crippen molar-refractivity contribution in [2.24, 2.45) is 5.92 Å². The predicted molar refractivity (Wildman–Crippen MR) is 86.9 cm³/mol. The highest BCUT2D eigenvalue weighted by Crippen LogP contribution is 2.38. The van der Waals surface area contributed by atoms with E-state index in [2.05, 4.69) is 15.3 Å². The summed E-state index contributed by atoms with van der Waals surface area (Å²) in [6.45, 7) is 3.63. The van der Waals surface area contributed by atoms with Gasteiger partial charge in [-0.3, -0.25) is 4.79 Å². The van der Waals surface area contributed by atoms with Crippen molar-refractivity contribution in [3.8, 4) is 0 Å². The molecule has 2 aromatic rings. The van der Waals surface area contributed by atoms with E-state index in [-0.39, 0.29) is 24.0 Å². The molecule has 0 bridgehead atoms. The molecule has 1 aliphatic carbocycles. The summed E-state index contributed by atoms with van der Waals surface area (Å²) in [5.41, 5.74) is 2.22. The highest BCUT2D eigenvalue weighted by atomic mass is 16.3. The Hall–Kier alpha value is -2.27. The fraction of sp³-hybridized carbons (Fsp3) is 0.389. The van der Waals surface area contributed by atoms with Crippen LogP contribution in [-0.2, 0) is 0 Å². The zero-order chi connectivity index (χ0) is 16.4. The van der Waals surface area contributed by atoms with Gasteiger partial charge in [0.1, 0.15) is 11.5 Å². The van der Waals surface area contributed by atoms with Gasteiger partial charge in [-0.05, 0) is 44.2 Å². The van der Waals surface area contributed by atoms with Gasteiger partial charge in [0.25, 0.3) is 5.91 Å². The second-order valence-corrected chi connectivity index (χ2v) is 6.19. The van der Waals surface area contributed by atoms with E-state index in [0.717, 1.165) is 11.3 Å². The Morgan fingerprint density at radius 3 is 2.52 bits per heavy atom. The topological polar surface area (TPSA) is 75.1 Å². The third-order valence-electron chi connectivity index (χ3n) is 4.26. The lowest BCUT2D eigenvalue weighted by Crippen LogP contribution is -2.41. The van der Waals surface area contributed by atoms with Crippen LogP contribution in [0.1, 0.15) is 46.5 Å². The predicted octanol–water partition coefficient (Wildman–Crippen LogP) is 2.34. The van der Waals surface area contributed by atoms with Crippen LogP contribution in [0, 0.1) is 19.8 Å². The van der Waals surface area contributed by atoms with Crippen LogP contribution in [0.15, 0.2) is 36.4 Å². The Labute approximate surface area is 135 Å². The number of aliphatic hydroxyl groups is 1. The molecule has 5 nitrogen and oxygen atoms in total. The van der Waals surface area contributed by atoms with Crippen LogP contribution in [0.25, 0.3) is 0 Å². The third-order valence-corrected chi connectivity index (χ3v) is 4.26. The standard InChI is InChI=1S/C18H21N3O2/c1-11-8-16(20-12(2)19-11)18(23)21-17(14-9-15(22)10-14)13-6-4-3-5-7-13/h3-8,14-15,17,22H,9-10H2,1-2H3,(H,21,23)/t14?,15?,17-/m1/s1. The van der Waals surface area contributed by atoms with Crippen LogP contribution in [0.4, 0.5) is 0 Å².